The first-order valence-corrected chi connectivity index (χ1v) is 6.43. The Hall–Kier alpha value is -3.06. The van der Waals surface area contributed by atoms with Crippen LogP contribution in [0.4, 0.5) is 5.69 Å². The number of nitrogens with zero attached hydrogens (tertiary/aromatic N) is 1. The molecular formula is C17H12N2O2. The van der Waals surface area contributed by atoms with E-state index in [0.717, 1.165) is 16.5 Å². The molecule has 0 aliphatic carbocycles. The maximum Gasteiger partial charge on any atom is 0.344 e. The van der Waals surface area contributed by atoms with Gasteiger partial charge in [-0.05, 0) is 42.3 Å². The number of nitrogen functional groups attached to an aromatic ring is 1. The second kappa shape index (κ2) is 4.80. The molecule has 0 fully saturated rings. The minimum atomic E-state index is -0.407. The van der Waals surface area contributed by atoms with Crippen LogP contribution in [0.5, 0.6) is 0 Å². The van der Waals surface area contributed by atoms with Crippen molar-refractivity contribution in [2.45, 2.75) is 6.92 Å². The van der Waals surface area contributed by atoms with Crippen molar-refractivity contribution >= 4 is 16.7 Å². The second-order valence-electron chi connectivity index (χ2n) is 4.83. The monoisotopic (exact) mass is 276 g/mol. The summed E-state index contributed by atoms with van der Waals surface area (Å²) < 4.78 is 5.36. The predicted molar refractivity (Wildman–Crippen MR) is 81.8 cm³/mol. The van der Waals surface area contributed by atoms with Crippen LogP contribution in [-0.4, -0.2) is 0 Å². The fourth-order valence-electron chi connectivity index (χ4n) is 2.42. The van der Waals surface area contributed by atoms with Gasteiger partial charge in [-0.1, -0.05) is 12.1 Å². The number of benzene rings is 2. The van der Waals surface area contributed by atoms with Gasteiger partial charge in [-0.3, -0.25) is 0 Å². The van der Waals surface area contributed by atoms with Crippen LogP contribution in [0.2, 0.25) is 0 Å². The molecule has 2 N–H and O–H groups in total. The van der Waals surface area contributed by atoms with Gasteiger partial charge in [0.1, 0.15) is 5.58 Å². The Bertz CT molecular complexity index is 932. The summed E-state index contributed by atoms with van der Waals surface area (Å²) in [6, 6.07) is 14.2. The van der Waals surface area contributed by atoms with E-state index < -0.39 is 5.63 Å². The SMILES string of the molecule is Cc1c(-c2ccc(C#N)cc2)c(=O)oc2cc(N)ccc12. The number of hydrogen-bond acceptors (Lipinski definition) is 4. The van der Waals surface area contributed by atoms with Crippen molar-refractivity contribution in [1.29, 1.82) is 5.26 Å². The van der Waals surface area contributed by atoms with Crippen LogP contribution in [-0.2, 0) is 0 Å². The molecule has 0 spiro atoms. The number of nitrogens with two attached hydrogens (primary N) is 1. The molecule has 4 nitrogen and oxygen atoms in total. The molecule has 102 valence electrons. The number of nitriles is 1. The number of rotatable bonds is 1. The summed E-state index contributed by atoms with van der Waals surface area (Å²) >= 11 is 0. The third kappa shape index (κ3) is 2.15. The first-order valence-electron chi connectivity index (χ1n) is 6.43. The molecule has 1 aromatic heterocycles. The summed E-state index contributed by atoms with van der Waals surface area (Å²) in [7, 11) is 0. The first-order chi connectivity index (χ1) is 10.1. The molecule has 21 heavy (non-hydrogen) atoms. The third-order valence-corrected chi connectivity index (χ3v) is 3.49. The normalized spacial score (nSPS) is 10.5. The topological polar surface area (TPSA) is 80.0 Å². The van der Waals surface area contributed by atoms with Gasteiger partial charge in [0.2, 0.25) is 0 Å². The molecule has 0 bridgehead atoms. The van der Waals surface area contributed by atoms with Crippen molar-refractivity contribution in [3.8, 4) is 17.2 Å². The molecule has 0 aliphatic heterocycles. The summed E-state index contributed by atoms with van der Waals surface area (Å²) in [6.07, 6.45) is 0. The van der Waals surface area contributed by atoms with Gasteiger partial charge in [0.05, 0.1) is 17.2 Å². The Kier molecular flexibility index (Phi) is 2.96. The zero-order valence-electron chi connectivity index (χ0n) is 11.4. The Balaban J connectivity index is 2.29. The molecule has 0 aliphatic rings. The van der Waals surface area contributed by atoms with Gasteiger partial charge in [-0.25, -0.2) is 4.79 Å². The van der Waals surface area contributed by atoms with Gasteiger partial charge in [-0.15, -0.1) is 0 Å². The zero-order chi connectivity index (χ0) is 15.0. The van der Waals surface area contributed by atoms with Gasteiger partial charge < -0.3 is 10.2 Å². The minimum Gasteiger partial charge on any atom is -0.422 e. The van der Waals surface area contributed by atoms with Crippen LogP contribution >= 0.6 is 0 Å². The summed E-state index contributed by atoms with van der Waals surface area (Å²) in [5.41, 5.74) is 8.97. The van der Waals surface area contributed by atoms with Crippen LogP contribution in [0, 0.1) is 18.3 Å². The van der Waals surface area contributed by atoms with Crippen LogP contribution in [0.1, 0.15) is 11.1 Å². The second-order valence-corrected chi connectivity index (χ2v) is 4.83. The lowest BCUT2D eigenvalue weighted by molar-refractivity contribution is 0.562. The van der Waals surface area contributed by atoms with E-state index in [-0.39, 0.29) is 0 Å². The average molecular weight is 276 g/mol. The van der Waals surface area contributed by atoms with E-state index in [0.29, 0.717) is 22.4 Å². The van der Waals surface area contributed by atoms with E-state index in [1.165, 1.54) is 0 Å². The Morgan fingerprint density at radius 3 is 2.52 bits per heavy atom. The summed E-state index contributed by atoms with van der Waals surface area (Å²) in [6.45, 7) is 1.88. The van der Waals surface area contributed by atoms with Crippen molar-refractivity contribution in [2.75, 3.05) is 5.73 Å². The Labute approximate surface area is 121 Å². The maximum atomic E-state index is 12.2. The number of aryl methyl sites for hydroxylation is 1. The quantitative estimate of drug-likeness (QED) is 0.546. The number of hydrogen-bond donors (Lipinski definition) is 1. The largest absolute Gasteiger partial charge is 0.422 e. The molecule has 0 unspecified atom stereocenters. The highest BCUT2D eigenvalue weighted by atomic mass is 16.4. The molecule has 0 atom stereocenters. The lowest BCUT2D eigenvalue weighted by atomic mass is 9.99. The zero-order valence-corrected chi connectivity index (χ0v) is 11.4. The number of anilines is 1. The van der Waals surface area contributed by atoms with Gasteiger partial charge in [0.15, 0.2) is 0 Å². The van der Waals surface area contributed by atoms with Gasteiger partial charge >= 0.3 is 5.63 Å². The van der Waals surface area contributed by atoms with Crippen LogP contribution in [0.25, 0.3) is 22.1 Å². The Morgan fingerprint density at radius 1 is 1.14 bits per heavy atom. The molecule has 0 saturated heterocycles. The summed E-state index contributed by atoms with van der Waals surface area (Å²) in [5, 5.41) is 9.68. The minimum absolute atomic E-state index is 0.407. The highest BCUT2D eigenvalue weighted by Gasteiger charge is 2.13. The summed E-state index contributed by atoms with van der Waals surface area (Å²) in [5.74, 6) is 0. The van der Waals surface area contributed by atoms with E-state index >= 15 is 0 Å². The smallest absolute Gasteiger partial charge is 0.344 e. The van der Waals surface area contributed by atoms with E-state index in [9.17, 15) is 4.79 Å². The number of fused-ring (bicyclic) bond motifs is 1. The third-order valence-electron chi connectivity index (χ3n) is 3.49. The molecule has 0 saturated carbocycles. The molecule has 2 aromatic carbocycles. The van der Waals surface area contributed by atoms with Crippen molar-refractivity contribution in [3.63, 3.8) is 0 Å². The van der Waals surface area contributed by atoms with Gasteiger partial charge in [0.25, 0.3) is 0 Å². The van der Waals surface area contributed by atoms with Crippen LogP contribution < -0.4 is 11.4 Å². The van der Waals surface area contributed by atoms with Crippen LogP contribution in [0.15, 0.2) is 51.7 Å². The average Bonchev–Trinajstić information content (AvgIpc) is 2.47. The summed E-state index contributed by atoms with van der Waals surface area (Å²) in [4.78, 5) is 12.2. The first kappa shape index (κ1) is 12.9. The lowest BCUT2D eigenvalue weighted by Crippen LogP contribution is -2.06. The molecule has 3 aromatic rings. The Morgan fingerprint density at radius 2 is 1.86 bits per heavy atom. The van der Waals surface area contributed by atoms with Crippen molar-refractivity contribution in [3.05, 3.63) is 64.0 Å². The predicted octanol–water partition coefficient (Wildman–Crippen LogP) is 3.22. The molecular weight excluding hydrogens is 264 g/mol. The highest BCUT2D eigenvalue weighted by Crippen LogP contribution is 2.27. The van der Waals surface area contributed by atoms with Crippen molar-refractivity contribution < 1.29 is 4.42 Å². The van der Waals surface area contributed by atoms with E-state index in [1.54, 1.807) is 36.4 Å². The molecule has 0 radical (unpaired) electrons. The molecule has 1 heterocycles. The van der Waals surface area contributed by atoms with Crippen LogP contribution in [0.3, 0.4) is 0 Å². The maximum absolute atomic E-state index is 12.2. The highest BCUT2D eigenvalue weighted by molar-refractivity contribution is 5.88. The van der Waals surface area contributed by atoms with E-state index in [1.807, 2.05) is 13.0 Å². The lowest BCUT2D eigenvalue weighted by Gasteiger charge is -2.08. The fraction of sp³-hybridized carbons (Fsp3) is 0.0588. The van der Waals surface area contributed by atoms with Gasteiger partial charge in [0, 0.05) is 17.1 Å². The van der Waals surface area contributed by atoms with Crippen molar-refractivity contribution in [1.82, 2.24) is 0 Å². The molecule has 4 heteroatoms. The molecule has 3 rings (SSSR count). The van der Waals surface area contributed by atoms with Gasteiger partial charge in [-0.2, -0.15) is 5.26 Å². The standard InChI is InChI=1S/C17H12N2O2/c1-10-14-7-6-13(19)8-15(14)21-17(20)16(10)12-4-2-11(9-18)3-5-12/h2-8H,19H2,1H3. The fourth-order valence-corrected chi connectivity index (χ4v) is 2.42. The van der Waals surface area contributed by atoms with E-state index in [4.69, 9.17) is 15.4 Å². The molecule has 0 amide bonds. The van der Waals surface area contributed by atoms with E-state index in [2.05, 4.69) is 6.07 Å². The van der Waals surface area contributed by atoms with Crippen molar-refractivity contribution in [2.24, 2.45) is 0 Å².